The van der Waals surface area contributed by atoms with Crippen molar-refractivity contribution in [2.45, 2.75) is 37.1 Å². The van der Waals surface area contributed by atoms with E-state index < -0.39 is 16.5 Å². The molecular weight excluding hydrogens is 396 g/mol. The van der Waals surface area contributed by atoms with Crippen LogP contribution in [0.25, 0.3) is 0 Å². The first-order valence-electron chi connectivity index (χ1n) is 9.45. The van der Waals surface area contributed by atoms with Crippen molar-refractivity contribution in [3.05, 3.63) is 65.2 Å². The number of carbonyl (C=O) groups is 1. The maximum Gasteiger partial charge on any atom is 0.244 e. The lowest BCUT2D eigenvalue weighted by molar-refractivity contribution is -0.135. The van der Waals surface area contributed by atoms with Gasteiger partial charge in [0, 0.05) is 30.0 Å². The van der Waals surface area contributed by atoms with Crippen molar-refractivity contribution < 1.29 is 18.3 Å². The first kappa shape index (κ1) is 19.8. The highest BCUT2D eigenvalue weighted by Crippen LogP contribution is 2.54. The van der Waals surface area contributed by atoms with Crippen LogP contribution in [0, 0.1) is 11.6 Å². The summed E-state index contributed by atoms with van der Waals surface area (Å²) < 4.78 is 34.0. The Labute approximate surface area is 171 Å². The normalized spacial score (nSPS) is 21.5. The Hall–Kier alpha value is -2.45. The molecule has 2 unspecified atom stereocenters. The molecule has 0 bridgehead atoms. The quantitative estimate of drug-likeness (QED) is 0.818. The van der Waals surface area contributed by atoms with Gasteiger partial charge in [0.1, 0.15) is 27.3 Å². The molecule has 0 saturated carbocycles. The number of ether oxygens (including phenoxy) is 1. The number of para-hydroxylation sites is 1. The molecule has 2 aromatic carbocycles. The molecule has 5 nitrogen and oxygen atoms in total. The van der Waals surface area contributed by atoms with E-state index in [0.29, 0.717) is 25.2 Å². The fraction of sp³-hybridized carbons (Fsp3) is 0.333. The van der Waals surface area contributed by atoms with Crippen LogP contribution in [0.15, 0.2) is 47.6 Å². The van der Waals surface area contributed by atoms with Crippen LogP contribution in [0.2, 0.25) is 0 Å². The molecule has 1 spiro atoms. The molecule has 2 aliphatic rings. The van der Waals surface area contributed by atoms with Gasteiger partial charge in [0.25, 0.3) is 0 Å². The molecule has 0 radical (unpaired) electrons. The summed E-state index contributed by atoms with van der Waals surface area (Å²) in [4.78, 5) is 12.2. The number of rotatable bonds is 4. The van der Waals surface area contributed by atoms with Gasteiger partial charge < -0.3 is 10.5 Å². The molecule has 1 amide bonds. The minimum atomic E-state index is -0.863. The molecule has 152 valence electrons. The van der Waals surface area contributed by atoms with E-state index in [2.05, 4.69) is 5.10 Å². The largest absolute Gasteiger partial charge is 0.493 e. The van der Waals surface area contributed by atoms with E-state index in [1.165, 1.54) is 16.8 Å². The Morgan fingerprint density at radius 3 is 2.93 bits per heavy atom. The summed E-state index contributed by atoms with van der Waals surface area (Å²) in [6.45, 7) is 2.22. The maximum atomic E-state index is 14.4. The van der Waals surface area contributed by atoms with Crippen molar-refractivity contribution in [2.75, 3.05) is 6.61 Å². The molecule has 2 N–H and O–H groups in total. The van der Waals surface area contributed by atoms with Gasteiger partial charge >= 0.3 is 0 Å². The smallest absolute Gasteiger partial charge is 0.244 e. The number of halogens is 2. The van der Waals surface area contributed by atoms with Gasteiger partial charge in [-0.3, -0.25) is 4.79 Å². The number of thioether (sulfide) groups is 1. The molecule has 2 aliphatic heterocycles. The molecule has 2 aromatic rings. The second-order valence-corrected chi connectivity index (χ2v) is 8.50. The van der Waals surface area contributed by atoms with Gasteiger partial charge in [-0.1, -0.05) is 30.0 Å². The van der Waals surface area contributed by atoms with Crippen LogP contribution in [0.1, 0.15) is 37.3 Å². The summed E-state index contributed by atoms with van der Waals surface area (Å²) in [7, 11) is 0. The molecule has 2 heterocycles. The Morgan fingerprint density at radius 1 is 1.34 bits per heavy atom. The number of benzene rings is 2. The molecular formula is C21H21F2N3O2S. The van der Waals surface area contributed by atoms with Crippen LogP contribution >= 0.6 is 11.8 Å². The van der Waals surface area contributed by atoms with Gasteiger partial charge in [-0.15, -0.1) is 0 Å². The van der Waals surface area contributed by atoms with Crippen molar-refractivity contribution in [3.8, 4) is 5.75 Å². The molecule has 0 aliphatic carbocycles. The lowest BCUT2D eigenvalue weighted by Crippen LogP contribution is -2.44. The SMILES string of the molecule is CC(N)CCC(=O)N1N=C(c2cc(F)ccc2F)SC12CCOc1ccccc12. The third-order valence-corrected chi connectivity index (χ3v) is 6.44. The summed E-state index contributed by atoms with van der Waals surface area (Å²) >= 11 is 1.26. The zero-order chi connectivity index (χ0) is 20.6. The zero-order valence-corrected chi connectivity index (χ0v) is 16.7. The van der Waals surface area contributed by atoms with Crippen molar-refractivity contribution in [1.29, 1.82) is 0 Å². The highest BCUT2D eigenvalue weighted by molar-refractivity contribution is 8.15. The van der Waals surface area contributed by atoms with Crippen LogP contribution in [-0.4, -0.2) is 28.6 Å². The monoisotopic (exact) mass is 417 g/mol. The molecule has 0 aromatic heterocycles. The number of hydrazone groups is 1. The fourth-order valence-corrected chi connectivity index (χ4v) is 4.96. The summed E-state index contributed by atoms with van der Waals surface area (Å²) in [5.41, 5.74) is 6.65. The average Bonchev–Trinajstić information content (AvgIpc) is 3.08. The number of nitrogens with two attached hydrogens (primary N) is 1. The lowest BCUT2D eigenvalue weighted by atomic mass is 9.98. The third kappa shape index (κ3) is 3.62. The number of fused-ring (bicyclic) bond motifs is 2. The van der Waals surface area contributed by atoms with Gasteiger partial charge in [-0.05, 0) is 37.6 Å². The molecule has 29 heavy (non-hydrogen) atoms. The summed E-state index contributed by atoms with van der Waals surface area (Å²) in [6, 6.07) is 10.5. The highest BCUT2D eigenvalue weighted by atomic mass is 32.2. The number of amides is 1. The molecule has 4 rings (SSSR count). The predicted octanol–water partition coefficient (Wildman–Crippen LogP) is 3.96. The Morgan fingerprint density at radius 2 is 2.14 bits per heavy atom. The molecule has 2 atom stereocenters. The van der Waals surface area contributed by atoms with Crippen LogP contribution in [0.3, 0.4) is 0 Å². The topological polar surface area (TPSA) is 67.9 Å². The Bertz CT molecular complexity index is 982. The molecule has 8 heteroatoms. The Kier molecular flexibility index (Phi) is 5.31. The molecule has 0 saturated heterocycles. The van der Waals surface area contributed by atoms with E-state index in [9.17, 15) is 13.6 Å². The lowest BCUT2D eigenvalue weighted by Gasteiger charge is -2.39. The second-order valence-electron chi connectivity index (χ2n) is 7.23. The first-order valence-corrected chi connectivity index (χ1v) is 10.3. The Balaban J connectivity index is 1.79. The number of hydrogen-bond acceptors (Lipinski definition) is 5. The van der Waals surface area contributed by atoms with Gasteiger partial charge in [0.15, 0.2) is 0 Å². The van der Waals surface area contributed by atoms with Crippen LogP contribution < -0.4 is 10.5 Å². The standard InChI is InChI=1S/C21H21F2N3O2S/c1-13(24)6-9-19(27)26-21(10-11-28-18-5-3-2-4-16(18)21)29-20(25-26)15-12-14(22)7-8-17(15)23/h2-5,7-8,12-13H,6,9-11,24H2,1H3. The summed E-state index contributed by atoms with van der Waals surface area (Å²) in [5, 5.41) is 6.16. The van der Waals surface area contributed by atoms with Crippen LogP contribution in [-0.2, 0) is 9.67 Å². The third-order valence-electron chi connectivity index (χ3n) is 5.01. The number of hydrogen-bond donors (Lipinski definition) is 1. The van der Waals surface area contributed by atoms with Crippen molar-refractivity contribution >= 4 is 22.7 Å². The van der Waals surface area contributed by atoms with E-state index >= 15 is 0 Å². The van der Waals surface area contributed by atoms with Gasteiger partial charge in [-0.2, -0.15) is 5.10 Å². The molecule has 0 fully saturated rings. The van der Waals surface area contributed by atoms with Crippen molar-refractivity contribution in [3.63, 3.8) is 0 Å². The van der Waals surface area contributed by atoms with Gasteiger partial charge in [0.2, 0.25) is 5.91 Å². The van der Waals surface area contributed by atoms with E-state index in [1.807, 2.05) is 31.2 Å². The van der Waals surface area contributed by atoms with Gasteiger partial charge in [0.05, 0.1) is 6.61 Å². The number of carbonyl (C=O) groups excluding carboxylic acids is 1. The van der Waals surface area contributed by atoms with E-state index in [-0.39, 0.29) is 29.0 Å². The van der Waals surface area contributed by atoms with Crippen LogP contribution in [0.5, 0.6) is 5.75 Å². The van der Waals surface area contributed by atoms with E-state index in [1.54, 1.807) is 0 Å². The van der Waals surface area contributed by atoms with Crippen molar-refractivity contribution in [1.82, 2.24) is 5.01 Å². The van der Waals surface area contributed by atoms with Crippen molar-refractivity contribution in [2.24, 2.45) is 10.8 Å². The fourth-order valence-electron chi connectivity index (χ4n) is 3.55. The summed E-state index contributed by atoms with van der Waals surface area (Å²) in [6.07, 6.45) is 1.20. The second kappa shape index (κ2) is 7.76. The minimum Gasteiger partial charge on any atom is -0.493 e. The maximum absolute atomic E-state index is 14.4. The summed E-state index contributed by atoms with van der Waals surface area (Å²) in [5.74, 6) is -0.698. The minimum absolute atomic E-state index is 0.0424. The van der Waals surface area contributed by atoms with Crippen LogP contribution in [0.4, 0.5) is 8.78 Å². The number of nitrogens with zero attached hydrogens (tertiary/aromatic N) is 2. The zero-order valence-electron chi connectivity index (χ0n) is 15.9. The van der Waals surface area contributed by atoms with Gasteiger partial charge in [-0.25, -0.2) is 13.8 Å². The predicted molar refractivity (Wildman–Crippen MR) is 108 cm³/mol. The van der Waals surface area contributed by atoms with E-state index in [4.69, 9.17) is 10.5 Å². The van der Waals surface area contributed by atoms with E-state index in [0.717, 1.165) is 23.8 Å². The first-order chi connectivity index (χ1) is 13.9. The highest BCUT2D eigenvalue weighted by Gasteiger charge is 2.51. The average molecular weight is 417 g/mol.